The molecule has 2 heterocycles. The van der Waals surface area contributed by atoms with E-state index in [1.165, 1.54) is 0 Å². The number of aliphatic hydroxyl groups is 1. The third kappa shape index (κ3) is 2.66. The van der Waals surface area contributed by atoms with Crippen molar-refractivity contribution >= 4 is 5.91 Å². The number of carbonyl (C=O) groups is 1. The lowest BCUT2D eigenvalue weighted by atomic mass is 10.1. The Balaban J connectivity index is 1.42. The van der Waals surface area contributed by atoms with Crippen LogP contribution in [0.4, 0.5) is 0 Å². The number of nitrogens with zero attached hydrogens (tertiary/aromatic N) is 2. The molecule has 2 fully saturated rings. The lowest BCUT2D eigenvalue weighted by Crippen LogP contribution is -2.53. The molecule has 6 nitrogen and oxygen atoms in total. The molecule has 0 spiro atoms. The van der Waals surface area contributed by atoms with E-state index in [1.54, 1.807) is 6.07 Å². The second-order valence-corrected chi connectivity index (χ2v) is 6.43. The van der Waals surface area contributed by atoms with E-state index in [0.717, 1.165) is 32.4 Å². The van der Waals surface area contributed by atoms with Crippen LogP contribution in [0.1, 0.15) is 29.6 Å². The van der Waals surface area contributed by atoms with Gasteiger partial charge in [-0.3, -0.25) is 9.69 Å². The smallest absolute Gasteiger partial charge is 0.257 e. The third-order valence-corrected chi connectivity index (χ3v) is 5.14. The van der Waals surface area contributed by atoms with Crippen molar-refractivity contribution in [3.63, 3.8) is 0 Å². The van der Waals surface area contributed by atoms with Crippen molar-refractivity contribution in [1.82, 2.24) is 9.80 Å². The number of aliphatic hydroxyl groups excluding tert-OH is 1. The van der Waals surface area contributed by atoms with E-state index in [9.17, 15) is 9.90 Å². The van der Waals surface area contributed by atoms with Crippen molar-refractivity contribution in [2.75, 3.05) is 33.0 Å². The van der Waals surface area contributed by atoms with Gasteiger partial charge in [0.2, 0.25) is 6.79 Å². The Labute approximate surface area is 135 Å². The standard InChI is InChI=1S/C17H22N2O4/c20-14-5-2-4-13(14)18-7-9-19(10-8-18)17(21)12-3-1-6-15-16(12)23-11-22-15/h1,3,6,13-14,20H,2,4-5,7-11H2. The molecule has 124 valence electrons. The van der Waals surface area contributed by atoms with Crippen LogP contribution in [-0.2, 0) is 0 Å². The molecule has 4 rings (SSSR count). The first-order valence-electron chi connectivity index (χ1n) is 8.34. The van der Waals surface area contributed by atoms with Gasteiger partial charge in [-0.15, -0.1) is 0 Å². The summed E-state index contributed by atoms with van der Waals surface area (Å²) in [6.45, 7) is 3.19. The highest BCUT2D eigenvalue weighted by Gasteiger charge is 2.34. The maximum Gasteiger partial charge on any atom is 0.257 e. The molecule has 0 radical (unpaired) electrons. The number of hydrogen-bond acceptors (Lipinski definition) is 5. The summed E-state index contributed by atoms with van der Waals surface area (Å²) in [6.07, 6.45) is 2.85. The van der Waals surface area contributed by atoms with Crippen LogP contribution in [0.15, 0.2) is 18.2 Å². The third-order valence-electron chi connectivity index (χ3n) is 5.14. The molecular formula is C17H22N2O4. The Morgan fingerprint density at radius 3 is 2.70 bits per heavy atom. The lowest BCUT2D eigenvalue weighted by Gasteiger charge is -2.39. The van der Waals surface area contributed by atoms with E-state index >= 15 is 0 Å². The number of amides is 1. The number of rotatable bonds is 2. The van der Waals surface area contributed by atoms with Crippen LogP contribution in [0.5, 0.6) is 11.5 Å². The Morgan fingerprint density at radius 1 is 1.13 bits per heavy atom. The minimum atomic E-state index is -0.208. The number of benzene rings is 1. The summed E-state index contributed by atoms with van der Waals surface area (Å²) in [7, 11) is 0. The van der Waals surface area contributed by atoms with Crippen LogP contribution in [0, 0.1) is 0 Å². The van der Waals surface area contributed by atoms with Gasteiger partial charge in [-0.2, -0.15) is 0 Å². The van der Waals surface area contributed by atoms with Gasteiger partial charge in [0.15, 0.2) is 11.5 Å². The van der Waals surface area contributed by atoms with Gasteiger partial charge in [-0.25, -0.2) is 0 Å². The molecule has 1 N–H and O–H groups in total. The summed E-state index contributed by atoms with van der Waals surface area (Å²) in [5.74, 6) is 1.20. The summed E-state index contributed by atoms with van der Waals surface area (Å²) in [5.41, 5.74) is 0.578. The first-order valence-corrected chi connectivity index (χ1v) is 8.34. The molecule has 1 aromatic carbocycles. The van der Waals surface area contributed by atoms with Crippen LogP contribution in [-0.4, -0.2) is 65.9 Å². The Morgan fingerprint density at radius 2 is 1.96 bits per heavy atom. The van der Waals surface area contributed by atoms with E-state index in [1.807, 2.05) is 17.0 Å². The van der Waals surface area contributed by atoms with Crippen LogP contribution >= 0.6 is 0 Å². The van der Waals surface area contributed by atoms with Gasteiger partial charge in [0, 0.05) is 32.2 Å². The number of fused-ring (bicyclic) bond motifs is 1. The monoisotopic (exact) mass is 318 g/mol. The zero-order valence-corrected chi connectivity index (χ0v) is 13.1. The predicted molar refractivity (Wildman–Crippen MR) is 83.7 cm³/mol. The van der Waals surface area contributed by atoms with Crippen LogP contribution in [0.2, 0.25) is 0 Å². The molecule has 2 atom stereocenters. The van der Waals surface area contributed by atoms with Gasteiger partial charge in [-0.05, 0) is 31.4 Å². The van der Waals surface area contributed by atoms with Crippen molar-refractivity contribution in [3.05, 3.63) is 23.8 Å². The zero-order valence-electron chi connectivity index (χ0n) is 13.1. The average Bonchev–Trinajstić information content (AvgIpc) is 3.22. The summed E-state index contributed by atoms with van der Waals surface area (Å²) in [5, 5.41) is 10.0. The predicted octanol–water partition coefficient (Wildman–Crippen LogP) is 1.09. The molecule has 1 aliphatic carbocycles. The number of carbonyl (C=O) groups excluding carboxylic acids is 1. The number of para-hydroxylation sites is 1. The summed E-state index contributed by atoms with van der Waals surface area (Å²) >= 11 is 0. The Bertz CT molecular complexity index is 598. The molecule has 1 saturated heterocycles. The van der Waals surface area contributed by atoms with Gasteiger partial charge < -0.3 is 19.5 Å². The molecule has 1 aromatic rings. The molecule has 1 amide bonds. The maximum atomic E-state index is 12.8. The summed E-state index contributed by atoms with van der Waals surface area (Å²) in [4.78, 5) is 17.0. The van der Waals surface area contributed by atoms with Gasteiger partial charge in [-0.1, -0.05) is 6.07 Å². The topological polar surface area (TPSA) is 62.2 Å². The average molecular weight is 318 g/mol. The van der Waals surface area contributed by atoms with E-state index in [4.69, 9.17) is 9.47 Å². The van der Waals surface area contributed by atoms with E-state index < -0.39 is 0 Å². The maximum absolute atomic E-state index is 12.8. The Hall–Kier alpha value is -1.79. The molecule has 6 heteroatoms. The SMILES string of the molecule is O=C(c1cccc2c1OCO2)N1CCN(C2CCCC2O)CC1. The fraction of sp³-hybridized carbons (Fsp3) is 0.588. The molecule has 1 saturated carbocycles. The van der Waals surface area contributed by atoms with E-state index in [2.05, 4.69) is 4.90 Å². The summed E-state index contributed by atoms with van der Waals surface area (Å²) < 4.78 is 10.8. The second-order valence-electron chi connectivity index (χ2n) is 6.43. The van der Waals surface area contributed by atoms with Crippen molar-refractivity contribution in [2.45, 2.75) is 31.4 Å². The first kappa shape index (κ1) is 14.8. The largest absolute Gasteiger partial charge is 0.454 e. The van der Waals surface area contributed by atoms with Crippen LogP contribution in [0.25, 0.3) is 0 Å². The molecule has 3 aliphatic rings. The van der Waals surface area contributed by atoms with Crippen LogP contribution in [0.3, 0.4) is 0 Å². The quantitative estimate of drug-likeness (QED) is 0.884. The normalized spacial score (nSPS) is 27.4. The molecule has 23 heavy (non-hydrogen) atoms. The highest BCUT2D eigenvalue weighted by molar-refractivity contribution is 5.98. The number of ether oxygens (including phenoxy) is 2. The first-order chi connectivity index (χ1) is 11.2. The summed E-state index contributed by atoms with van der Waals surface area (Å²) in [6, 6.07) is 5.71. The highest BCUT2D eigenvalue weighted by Crippen LogP contribution is 2.36. The number of hydrogen-bond donors (Lipinski definition) is 1. The Kier molecular flexibility index (Phi) is 3.87. The molecule has 2 unspecified atom stereocenters. The molecular weight excluding hydrogens is 296 g/mol. The minimum Gasteiger partial charge on any atom is -0.454 e. The zero-order chi connectivity index (χ0) is 15.8. The van der Waals surface area contributed by atoms with Gasteiger partial charge in [0.25, 0.3) is 5.91 Å². The fourth-order valence-electron chi connectivity index (χ4n) is 3.87. The van der Waals surface area contributed by atoms with E-state index in [-0.39, 0.29) is 24.8 Å². The fourth-order valence-corrected chi connectivity index (χ4v) is 3.87. The van der Waals surface area contributed by atoms with E-state index in [0.29, 0.717) is 30.2 Å². The second kappa shape index (κ2) is 6.02. The van der Waals surface area contributed by atoms with Crippen molar-refractivity contribution in [1.29, 1.82) is 0 Å². The molecule has 0 bridgehead atoms. The minimum absolute atomic E-state index is 0.000953. The van der Waals surface area contributed by atoms with Gasteiger partial charge in [0.1, 0.15) is 0 Å². The highest BCUT2D eigenvalue weighted by atomic mass is 16.7. The van der Waals surface area contributed by atoms with Gasteiger partial charge >= 0.3 is 0 Å². The van der Waals surface area contributed by atoms with Crippen molar-refractivity contribution in [2.24, 2.45) is 0 Å². The number of piperazine rings is 1. The van der Waals surface area contributed by atoms with Crippen LogP contribution < -0.4 is 9.47 Å². The van der Waals surface area contributed by atoms with Crippen molar-refractivity contribution < 1.29 is 19.4 Å². The van der Waals surface area contributed by atoms with Crippen molar-refractivity contribution in [3.8, 4) is 11.5 Å². The molecule has 2 aliphatic heterocycles. The van der Waals surface area contributed by atoms with Gasteiger partial charge in [0.05, 0.1) is 11.7 Å². The lowest BCUT2D eigenvalue weighted by molar-refractivity contribution is 0.0314. The molecule has 0 aromatic heterocycles.